The number of amides is 2. The highest BCUT2D eigenvalue weighted by atomic mass is 32.1. The van der Waals surface area contributed by atoms with Crippen molar-refractivity contribution in [2.45, 2.75) is 33.1 Å². The molecular weight excluding hydrogens is 284 g/mol. The smallest absolute Gasteiger partial charge is 0.260 e. The van der Waals surface area contributed by atoms with Crippen LogP contribution in [0.1, 0.15) is 42.6 Å². The van der Waals surface area contributed by atoms with E-state index in [1.807, 2.05) is 32.0 Å². The SMILES string of the molecule is CC(C)(CCCN1C(=O)Cc2ccccc2C1=O)C(N)=S. The fourth-order valence-corrected chi connectivity index (χ4v) is 2.53. The summed E-state index contributed by atoms with van der Waals surface area (Å²) in [5.41, 5.74) is 6.88. The summed E-state index contributed by atoms with van der Waals surface area (Å²) in [6.45, 7) is 4.37. The van der Waals surface area contributed by atoms with Gasteiger partial charge in [0.05, 0.1) is 11.4 Å². The number of benzene rings is 1. The quantitative estimate of drug-likeness (QED) is 0.670. The molecule has 0 saturated heterocycles. The molecule has 2 amide bonds. The van der Waals surface area contributed by atoms with Crippen LogP contribution in [0.5, 0.6) is 0 Å². The molecule has 21 heavy (non-hydrogen) atoms. The first-order valence-corrected chi connectivity index (χ1v) is 7.46. The molecule has 0 fully saturated rings. The number of fused-ring (bicyclic) bond motifs is 1. The lowest BCUT2D eigenvalue weighted by Crippen LogP contribution is -2.43. The van der Waals surface area contributed by atoms with Crippen LogP contribution in [0.3, 0.4) is 0 Å². The van der Waals surface area contributed by atoms with Gasteiger partial charge in [0.15, 0.2) is 0 Å². The van der Waals surface area contributed by atoms with E-state index in [2.05, 4.69) is 0 Å². The van der Waals surface area contributed by atoms with Crippen LogP contribution in [0.25, 0.3) is 0 Å². The molecule has 1 aromatic carbocycles. The van der Waals surface area contributed by atoms with Crippen molar-refractivity contribution in [1.29, 1.82) is 0 Å². The summed E-state index contributed by atoms with van der Waals surface area (Å²) in [6, 6.07) is 7.27. The maximum atomic E-state index is 12.4. The van der Waals surface area contributed by atoms with Crippen LogP contribution >= 0.6 is 12.2 Å². The van der Waals surface area contributed by atoms with E-state index in [1.54, 1.807) is 6.07 Å². The molecule has 1 heterocycles. The van der Waals surface area contributed by atoms with Gasteiger partial charge in [-0.3, -0.25) is 14.5 Å². The van der Waals surface area contributed by atoms with E-state index in [1.165, 1.54) is 4.90 Å². The molecule has 0 unspecified atom stereocenters. The number of nitrogens with two attached hydrogens (primary N) is 1. The van der Waals surface area contributed by atoms with E-state index in [0.29, 0.717) is 29.9 Å². The van der Waals surface area contributed by atoms with Crippen LogP contribution < -0.4 is 5.73 Å². The summed E-state index contributed by atoms with van der Waals surface area (Å²) >= 11 is 5.03. The average Bonchev–Trinajstić information content (AvgIpc) is 2.42. The number of carbonyl (C=O) groups excluding carboxylic acids is 2. The summed E-state index contributed by atoms with van der Waals surface area (Å²) < 4.78 is 0. The highest BCUT2D eigenvalue weighted by Crippen LogP contribution is 2.24. The highest BCUT2D eigenvalue weighted by molar-refractivity contribution is 7.80. The molecular formula is C16H20N2O2S. The highest BCUT2D eigenvalue weighted by Gasteiger charge is 2.30. The summed E-state index contributed by atoms with van der Waals surface area (Å²) in [5, 5.41) is 0. The monoisotopic (exact) mass is 304 g/mol. The molecule has 2 rings (SSSR count). The molecule has 112 valence electrons. The van der Waals surface area contributed by atoms with E-state index in [0.717, 1.165) is 12.0 Å². The van der Waals surface area contributed by atoms with Crippen molar-refractivity contribution in [2.24, 2.45) is 11.1 Å². The van der Waals surface area contributed by atoms with Crippen molar-refractivity contribution in [1.82, 2.24) is 4.90 Å². The molecule has 0 aliphatic carbocycles. The first kappa shape index (κ1) is 15.6. The number of hydrogen-bond acceptors (Lipinski definition) is 3. The first-order valence-electron chi connectivity index (χ1n) is 7.05. The molecule has 0 atom stereocenters. The minimum atomic E-state index is -0.255. The van der Waals surface area contributed by atoms with E-state index in [-0.39, 0.29) is 17.2 Å². The van der Waals surface area contributed by atoms with Crippen molar-refractivity contribution in [3.63, 3.8) is 0 Å². The van der Waals surface area contributed by atoms with Gasteiger partial charge in [0.1, 0.15) is 0 Å². The van der Waals surface area contributed by atoms with Crippen LogP contribution in [0.2, 0.25) is 0 Å². The van der Waals surface area contributed by atoms with Crippen molar-refractivity contribution in [2.75, 3.05) is 6.54 Å². The van der Waals surface area contributed by atoms with Gasteiger partial charge < -0.3 is 5.73 Å². The summed E-state index contributed by atoms with van der Waals surface area (Å²) in [5.74, 6) is -0.332. The molecule has 2 N–H and O–H groups in total. The standard InChI is InChI=1S/C16H20N2O2S/c1-16(2,15(17)21)8-5-9-18-13(19)10-11-6-3-4-7-12(11)14(18)20/h3-4,6-7H,5,8-10H2,1-2H3,(H2,17,21). The second-order valence-electron chi connectivity index (χ2n) is 6.04. The van der Waals surface area contributed by atoms with Crippen molar-refractivity contribution in [3.05, 3.63) is 35.4 Å². The maximum absolute atomic E-state index is 12.4. The molecule has 1 aromatic rings. The first-order chi connectivity index (χ1) is 9.83. The Bertz CT molecular complexity index is 596. The molecule has 0 spiro atoms. The van der Waals surface area contributed by atoms with Gasteiger partial charge in [0, 0.05) is 17.5 Å². The lowest BCUT2D eigenvalue weighted by atomic mass is 9.87. The Balaban J connectivity index is 2.04. The average molecular weight is 304 g/mol. The number of carbonyl (C=O) groups is 2. The molecule has 0 bridgehead atoms. The second kappa shape index (κ2) is 5.93. The number of imide groups is 1. The van der Waals surface area contributed by atoms with E-state index in [9.17, 15) is 9.59 Å². The van der Waals surface area contributed by atoms with Gasteiger partial charge in [-0.2, -0.15) is 0 Å². The Hall–Kier alpha value is -1.75. The Morgan fingerprint density at radius 2 is 2.00 bits per heavy atom. The molecule has 0 saturated carbocycles. The topological polar surface area (TPSA) is 63.4 Å². The zero-order chi connectivity index (χ0) is 15.6. The normalized spacial score (nSPS) is 15.0. The number of thiocarbonyl (C=S) groups is 1. The van der Waals surface area contributed by atoms with Crippen molar-refractivity contribution < 1.29 is 9.59 Å². The Morgan fingerprint density at radius 1 is 1.33 bits per heavy atom. The van der Waals surface area contributed by atoms with Gasteiger partial charge in [-0.25, -0.2) is 0 Å². The third kappa shape index (κ3) is 3.29. The fourth-order valence-electron chi connectivity index (χ4n) is 2.43. The van der Waals surface area contributed by atoms with Crippen molar-refractivity contribution >= 4 is 29.0 Å². The minimum absolute atomic E-state index is 0.133. The fraction of sp³-hybridized carbons (Fsp3) is 0.438. The Labute approximate surface area is 130 Å². The zero-order valence-electron chi connectivity index (χ0n) is 12.4. The van der Waals surface area contributed by atoms with Crippen LogP contribution in [-0.4, -0.2) is 28.2 Å². The van der Waals surface area contributed by atoms with Gasteiger partial charge in [-0.1, -0.05) is 44.3 Å². The van der Waals surface area contributed by atoms with E-state index in [4.69, 9.17) is 18.0 Å². The third-order valence-electron chi connectivity index (χ3n) is 3.99. The summed E-state index contributed by atoms with van der Waals surface area (Å²) in [4.78, 5) is 26.3. The van der Waals surface area contributed by atoms with Crippen LogP contribution in [0.15, 0.2) is 24.3 Å². The lowest BCUT2D eigenvalue weighted by Gasteiger charge is -2.28. The predicted octanol–water partition coefficient (Wildman–Crippen LogP) is 2.30. The second-order valence-corrected chi connectivity index (χ2v) is 6.48. The maximum Gasteiger partial charge on any atom is 0.260 e. The Kier molecular flexibility index (Phi) is 4.42. The van der Waals surface area contributed by atoms with Gasteiger partial charge in [0.2, 0.25) is 5.91 Å². The van der Waals surface area contributed by atoms with Crippen molar-refractivity contribution in [3.8, 4) is 0 Å². The Morgan fingerprint density at radius 3 is 2.67 bits per heavy atom. The van der Waals surface area contributed by atoms with E-state index >= 15 is 0 Å². The van der Waals surface area contributed by atoms with Gasteiger partial charge in [0.25, 0.3) is 5.91 Å². The van der Waals surface area contributed by atoms with Gasteiger partial charge >= 0.3 is 0 Å². The summed E-state index contributed by atoms with van der Waals surface area (Å²) in [6.07, 6.45) is 1.74. The minimum Gasteiger partial charge on any atom is -0.393 e. The largest absolute Gasteiger partial charge is 0.393 e. The lowest BCUT2D eigenvalue weighted by molar-refractivity contribution is -0.128. The number of nitrogens with zero attached hydrogens (tertiary/aromatic N) is 1. The molecule has 0 radical (unpaired) electrons. The molecule has 0 aromatic heterocycles. The van der Waals surface area contributed by atoms with Gasteiger partial charge in [-0.15, -0.1) is 0 Å². The van der Waals surface area contributed by atoms with Crippen LogP contribution in [0, 0.1) is 5.41 Å². The van der Waals surface area contributed by atoms with E-state index < -0.39 is 0 Å². The third-order valence-corrected chi connectivity index (χ3v) is 4.54. The molecule has 1 aliphatic heterocycles. The molecule has 4 nitrogen and oxygen atoms in total. The molecule has 1 aliphatic rings. The predicted molar refractivity (Wildman–Crippen MR) is 86.0 cm³/mol. The van der Waals surface area contributed by atoms with Crippen LogP contribution in [0.4, 0.5) is 0 Å². The molecule has 5 heteroatoms. The number of hydrogen-bond donors (Lipinski definition) is 1. The van der Waals surface area contributed by atoms with Crippen LogP contribution in [-0.2, 0) is 11.2 Å². The summed E-state index contributed by atoms with van der Waals surface area (Å²) in [7, 11) is 0. The number of rotatable bonds is 5. The zero-order valence-corrected chi connectivity index (χ0v) is 13.2. The van der Waals surface area contributed by atoms with Gasteiger partial charge in [-0.05, 0) is 24.5 Å².